The van der Waals surface area contributed by atoms with Gasteiger partial charge in [-0.2, -0.15) is 0 Å². The molecule has 1 fully saturated rings. The van der Waals surface area contributed by atoms with Crippen LogP contribution in [0.25, 0.3) is 0 Å². The van der Waals surface area contributed by atoms with Crippen LogP contribution in [-0.4, -0.2) is 30.9 Å². The molecule has 0 aromatic carbocycles. The van der Waals surface area contributed by atoms with Crippen molar-refractivity contribution >= 4 is 17.7 Å². The molecule has 0 saturated heterocycles. The molecule has 26 heavy (non-hydrogen) atoms. The Morgan fingerprint density at radius 2 is 2.27 bits per heavy atom. The van der Waals surface area contributed by atoms with E-state index in [0.717, 1.165) is 16.5 Å². The Kier molecular flexibility index (Phi) is 6.08. The zero-order valence-electron chi connectivity index (χ0n) is 15.3. The van der Waals surface area contributed by atoms with Gasteiger partial charge < -0.3 is 9.88 Å². The Labute approximate surface area is 158 Å². The van der Waals surface area contributed by atoms with Crippen LogP contribution in [0.15, 0.2) is 42.3 Å². The molecule has 2 heterocycles. The summed E-state index contributed by atoms with van der Waals surface area (Å²) >= 11 is 1.49. The quantitative estimate of drug-likeness (QED) is 0.541. The Hall–Kier alpha value is -2.15. The first-order valence-corrected chi connectivity index (χ1v) is 9.85. The van der Waals surface area contributed by atoms with Crippen molar-refractivity contribution in [2.24, 2.45) is 5.92 Å². The molecule has 7 heteroatoms. The maximum atomic E-state index is 12.8. The van der Waals surface area contributed by atoms with Crippen LogP contribution in [0.5, 0.6) is 0 Å². The van der Waals surface area contributed by atoms with Gasteiger partial charge in [0.1, 0.15) is 5.82 Å². The van der Waals surface area contributed by atoms with E-state index >= 15 is 0 Å². The van der Waals surface area contributed by atoms with E-state index in [0.29, 0.717) is 19.0 Å². The molecule has 1 aliphatic rings. The zero-order chi connectivity index (χ0) is 18.5. The molecule has 1 unspecified atom stereocenters. The number of rotatable bonds is 9. The van der Waals surface area contributed by atoms with Gasteiger partial charge in [-0.05, 0) is 30.4 Å². The summed E-state index contributed by atoms with van der Waals surface area (Å²) in [5.41, 5.74) is 0.985. The molecular weight excluding hydrogens is 346 g/mol. The summed E-state index contributed by atoms with van der Waals surface area (Å²) in [6.07, 6.45) is 7.67. The fourth-order valence-corrected chi connectivity index (χ4v) is 3.80. The predicted octanol–water partition coefficient (Wildman–Crippen LogP) is 3.17. The number of hydrogen-bond acceptors (Lipinski definition) is 5. The SMILES string of the molecule is C=CCn1c(SC(C(=O)NCc2cccnc2)C(C)C)nnc1C1CC1. The topological polar surface area (TPSA) is 72.7 Å². The molecule has 3 rings (SSSR count). The summed E-state index contributed by atoms with van der Waals surface area (Å²) in [5, 5.41) is 12.3. The van der Waals surface area contributed by atoms with Gasteiger partial charge in [-0.1, -0.05) is 37.8 Å². The Bertz CT molecular complexity index is 755. The third-order valence-corrected chi connectivity index (χ3v) is 5.81. The molecular formula is C19H25N5OS. The van der Waals surface area contributed by atoms with Crippen molar-refractivity contribution in [3.8, 4) is 0 Å². The number of nitrogens with one attached hydrogen (secondary N) is 1. The molecule has 1 N–H and O–H groups in total. The first-order valence-electron chi connectivity index (χ1n) is 8.97. The van der Waals surface area contributed by atoms with Crippen LogP contribution >= 0.6 is 11.8 Å². The molecule has 0 radical (unpaired) electrons. The largest absolute Gasteiger partial charge is 0.351 e. The summed E-state index contributed by atoms with van der Waals surface area (Å²) in [6, 6.07) is 3.82. The van der Waals surface area contributed by atoms with Crippen LogP contribution in [-0.2, 0) is 17.9 Å². The monoisotopic (exact) mass is 371 g/mol. The van der Waals surface area contributed by atoms with Gasteiger partial charge >= 0.3 is 0 Å². The van der Waals surface area contributed by atoms with Crippen LogP contribution in [0, 0.1) is 5.92 Å². The van der Waals surface area contributed by atoms with Gasteiger partial charge in [0.05, 0.1) is 5.25 Å². The summed E-state index contributed by atoms with van der Waals surface area (Å²) in [7, 11) is 0. The van der Waals surface area contributed by atoms with E-state index in [4.69, 9.17) is 0 Å². The number of allylic oxidation sites excluding steroid dienone is 1. The average molecular weight is 372 g/mol. The molecule has 6 nitrogen and oxygen atoms in total. The fraction of sp³-hybridized carbons (Fsp3) is 0.474. The third-order valence-electron chi connectivity index (χ3n) is 4.29. The van der Waals surface area contributed by atoms with E-state index in [1.54, 1.807) is 12.4 Å². The van der Waals surface area contributed by atoms with Gasteiger partial charge in [-0.25, -0.2) is 0 Å². The average Bonchev–Trinajstić information content (AvgIpc) is 3.41. The van der Waals surface area contributed by atoms with E-state index in [1.165, 1.54) is 24.6 Å². The standard InChI is InChI=1S/C19H25N5OS/c1-4-10-24-17(15-7-8-15)22-23-19(24)26-16(13(2)3)18(25)21-12-14-6-5-9-20-11-14/h4-6,9,11,13,15-16H,1,7-8,10,12H2,2-3H3,(H,21,25). The number of pyridine rings is 1. The van der Waals surface area contributed by atoms with Crippen molar-refractivity contribution in [1.82, 2.24) is 25.1 Å². The second kappa shape index (κ2) is 8.49. The van der Waals surface area contributed by atoms with E-state index in [9.17, 15) is 4.79 Å². The van der Waals surface area contributed by atoms with Crippen molar-refractivity contribution in [3.05, 3.63) is 48.6 Å². The van der Waals surface area contributed by atoms with Crippen molar-refractivity contribution in [2.75, 3.05) is 0 Å². The highest BCUT2D eigenvalue weighted by atomic mass is 32.2. The normalized spacial score (nSPS) is 15.0. The highest BCUT2D eigenvalue weighted by molar-refractivity contribution is 8.00. The molecule has 0 spiro atoms. The number of carbonyl (C=O) groups is 1. The van der Waals surface area contributed by atoms with Crippen molar-refractivity contribution < 1.29 is 4.79 Å². The maximum Gasteiger partial charge on any atom is 0.234 e. The molecule has 1 aliphatic carbocycles. The lowest BCUT2D eigenvalue weighted by atomic mass is 10.1. The van der Waals surface area contributed by atoms with Crippen LogP contribution < -0.4 is 5.32 Å². The summed E-state index contributed by atoms with van der Waals surface area (Å²) in [5.74, 6) is 1.71. The van der Waals surface area contributed by atoms with Gasteiger partial charge in [0.15, 0.2) is 5.16 Å². The smallest absolute Gasteiger partial charge is 0.234 e. The second-order valence-corrected chi connectivity index (χ2v) is 7.98. The van der Waals surface area contributed by atoms with Gasteiger partial charge in [0.2, 0.25) is 5.91 Å². The number of hydrogen-bond donors (Lipinski definition) is 1. The van der Waals surface area contributed by atoms with E-state index in [-0.39, 0.29) is 17.1 Å². The van der Waals surface area contributed by atoms with Gasteiger partial charge in [0, 0.05) is 31.4 Å². The Morgan fingerprint density at radius 1 is 1.46 bits per heavy atom. The molecule has 0 aliphatic heterocycles. The predicted molar refractivity (Wildman–Crippen MR) is 103 cm³/mol. The summed E-state index contributed by atoms with van der Waals surface area (Å²) in [4.78, 5) is 16.8. The van der Waals surface area contributed by atoms with Crippen LogP contribution in [0.2, 0.25) is 0 Å². The zero-order valence-corrected chi connectivity index (χ0v) is 16.1. The second-order valence-electron chi connectivity index (χ2n) is 6.88. The third kappa shape index (κ3) is 4.52. The minimum absolute atomic E-state index is 0.00924. The van der Waals surface area contributed by atoms with Crippen LogP contribution in [0.4, 0.5) is 0 Å². The number of aromatic nitrogens is 4. The molecule has 0 bridgehead atoms. The summed E-state index contributed by atoms with van der Waals surface area (Å²) < 4.78 is 2.10. The molecule has 1 amide bonds. The number of thioether (sulfide) groups is 1. The number of nitrogens with zero attached hydrogens (tertiary/aromatic N) is 4. The van der Waals surface area contributed by atoms with E-state index in [2.05, 4.69) is 45.5 Å². The van der Waals surface area contributed by atoms with Gasteiger partial charge in [0.25, 0.3) is 0 Å². The highest BCUT2D eigenvalue weighted by Gasteiger charge is 2.32. The summed E-state index contributed by atoms with van der Waals surface area (Å²) in [6.45, 7) is 9.09. The van der Waals surface area contributed by atoms with E-state index in [1.807, 2.05) is 18.2 Å². The van der Waals surface area contributed by atoms with Crippen LogP contribution in [0.3, 0.4) is 0 Å². The molecule has 138 valence electrons. The number of amides is 1. The van der Waals surface area contributed by atoms with Gasteiger partial charge in [-0.3, -0.25) is 9.78 Å². The van der Waals surface area contributed by atoms with Crippen molar-refractivity contribution in [1.29, 1.82) is 0 Å². The lowest BCUT2D eigenvalue weighted by Crippen LogP contribution is -2.35. The Balaban J connectivity index is 1.70. The molecule has 2 aromatic rings. The first-order chi connectivity index (χ1) is 12.6. The number of carbonyl (C=O) groups excluding carboxylic acids is 1. The van der Waals surface area contributed by atoms with Gasteiger partial charge in [-0.15, -0.1) is 16.8 Å². The van der Waals surface area contributed by atoms with E-state index < -0.39 is 0 Å². The lowest BCUT2D eigenvalue weighted by Gasteiger charge is -2.19. The minimum Gasteiger partial charge on any atom is -0.351 e. The van der Waals surface area contributed by atoms with Crippen molar-refractivity contribution in [3.63, 3.8) is 0 Å². The Morgan fingerprint density at radius 3 is 2.88 bits per heavy atom. The minimum atomic E-state index is -0.230. The molecule has 1 saturated carbocycles. The van der Waals surface area contributed by atoms with Crippen molar-refractivity contribution in [2.45, 2.75) is 56.1 Å². The maximum absolute atomic E-state index is 12.8. The lowest BCUT2D eigenvalue weighted by molar-refractivity contribution is -0.121. The van der Waals surface area contributed by atoms with Crippen LogP contribution in [0.1, 0.15) is 44.0 Å². The first kappa shape index (κ1) is 18.6. The molecule has 1 atom stereocenters. The fourth-order valence-electron chi connectivity index (χ4n) is 2.73. The molecule has 2 aromatic heterocycles. The highest BCUT2D eigenvalue weighted by Crippen LogP contribution is 2.40.